The van der Waals surface area contributed by atoms with E-state index >= 15 is 0 Å². The fraction of sp³-hybridized carbons (Fsp3) is 0.850. The number of aldehydes is 1. The molecule has 0 spiro atoms. The van der Waals surface area contributed by atoms with Gasteiger partial charge in [-0.1, -0.05) is 26.8 Å². The lowest BCUT2D eigenvalue weighted by atomic mass is 9.41. The number of hydrogen-bond acceptors (Lipinski definition) is 4. The molecular formula is C20H32O4. The molecule has 2 saturated carbocycles. The maximum Gasteiger partial charge on any atom is 0.145 e. The maximum absolute atomic E-state index is 11.3. The van der Waals surface area contributed by atoms with E-state index in [2.05, 4.69) is 20.8 Å². The molecular weight excluding hydrogens is 304 g/mol. The molecule has 3 rings (SSSR count). The summed E-state index contributed by atoms with van der Waals surface area (Å²) in [5.41, 5.74) is -0.0898. The zero-order chi connectivity index (χ0) is 17.8. The number of hydrogen-bond donors (Lipinski definition) is 3. The summed E-state index contributed by atoms with van der Waals surface area (Å²) in [6.45, 7) is 6.56. The Labute approximate surface area is 145 Å². The molecule has 6 unspecified atom stereocenters. The number of fused-ring (bicyclic) bond motifs is 3. The van der Waals surface area contributed by atoms with Gasteiger partial charge in [0.1, 0.15) is 6.29 Å². The van der Waals surface area contributed by atoms with Crippen LogP contribution in [0.1, 0.15) is 59.3 Å². The average molecular weight is 336 g/mol. The topological polar surface area (TPSA) is 77.8 Å². The molecule has 0 amide bonds. The highest BCUT2D eigenvalue weighted by atomic mass is 16.3. The van der Waals surface area contributed by atoms with E-state index < -0.39 is 11.5 Å². The van der Waals surface area contributed by atoms with Crippen molar-refractivity contribution in [2.75, 3.05) is 6.61 Å². The van der Waals surface area contributed by atoms with E-state index in [1.807, 2.05) is 6.08 Å². The summed E-state index contributed by atoms with van der Waals surface area (Å²) in [5.74, 6) is 0.491. The van der Waals surface area contributed by atoms with Gasteiger partial charge in [0.25, 0.3) is 0 Å². The van der Waals surface area contributed by atoms with E-state index in [1.165, 1.54) is 0 Å². The largest absolute Gasteiger partial charge is 0.396 e. The standard InChI is InChI=1S/C20H32O4/c1-18(2)14-6-9-20(12-22)15(19(14,3)8-7-16(18)23)5-4-13(11-21)10-17(20)24/h4,11,14-17,22-24H,5-10,12H2,1-3H3. The van der Waals surface area contributed by atoms with Gasteiger partial charge in [0.05, 0.1) is 18.8 Å². The summed E-state index contributed by atoms with van der Waals surface area (Å²) >= 11 is 0. The van der Waals surface area contributed by atoms with Gasteiger partial charge in [0, 0.05) is 11.8 Å². The smallest absolute Gasteiger partial charge is 0.145 e. The summed E-state index contributed by atoms with van der Waals surface area (Å²) in [5, 5.41) is 31.7. The van der Waals surface area contributed by atoms with Crippen molar-refractivity contribution in [3.63, 3.8) is 0 Å². The van der Waals surface area contributed by atoms with Gasteiger partial charge in [-0.05, 0) is 60.3 Å². The molecule has 3 aliphatic rings. The third-order valence-corrected chi connectivity index (χ3v) is 8.05. The van der Waals surface area contributed by atoms with Gasteiger partial charge in [-0.2, -0.15) is 0 Å². The van der Waals surface area contributed by atoms with E-state index in [4.69, 9.17) is 0 Å². The molecule has 0 radical (unpaired) electrons. The van der Waals surface area contributed by atoms with E-state index in [9.17, 15) is 20.1 Å². The molecule has 2 fully saturated rings. The van der Waals surface area contributed by atoms with Crippen LogP contribution in [-0.2, 0) is 4.79 Å². The number of allylic oxidation sites excluding steroid dienone is 1. The molecule has 0 aliphatic heterocycles. The molecule has 3 N–H and O–H groups in total. The highest BCUT2D eigenvalue weighted by Gasteiger charge is 2.63. The first-order valence-corrected chi connectivity index (χ1v) is 9.33. The monoisotopic (exact) mass is 336 g/mol. The molecule has 4 nitrogen and oxygen atoms in total. The van der Waals surface area contributed by atoms with Crippen molar-refractivity contribution in [1.29, 1.82) is 0 Å². The molecule has 0 heterocycles. The zero-order valence-electron chi connectivity index (χ0n) is 15.2. The Morgan fingerprint density at radius 1 is 1.12 bits per heavy atom. The van der Waals surface area contributed by atoms with Crippen LogP contribution in [0.5, 0.6) is 0 Å². The molecule has 6 atom stereocenters. The van der Waals surface area contributed by atoms with Crippen LogP contribution in [0.3, 0.4) is 0 Å². The van der Waals surface area contributed by atoms with Crippen LogP contribution in [0.2, 0.25) is 0 Å². The van der Waals surface area contributed by atoms with Crippen molar-refractivity contribution in [2.45, 2.75) is 71.5 Å². The predicted molar refractivity (Wildman–Crippen MR) is 92.2 cm³/mol. The van der Waals surface area contributed by atoms with Gasteiger partial charge in [-0.15, -0.1) is 0 Å². The van der Waals surface area contributed by atoms with Crippen molar-refractivity contribution in [3.8, 4) is 0 Å². The van der Waals surface area contributed by atoms with Crippen LogP contribution in [0.25, 0.3) is 0 Å². The molecule has 136 valence electrons. The molecule has 0 aromatic rings. The third-order valence-electron chi connectivity index (χ3n) is 8.05. The van der Waals surface area contributed by atoms with Crippen LogP contribution in [-0.4, -0.2) is 40.4 Å². The Balaban J connectivity index is 2.07. The predicted octanol–water partition coefficient (Wildman–Crippen LogP) is 2.46. The Morgan fingerprint density at radius 2 is 1.83 bits per heavy atom. The Morgan fingerprint density at radius 3 is 2.46 bits per heavy atom. The molecule has 0 aromatic heterocycles. The van der Waals surface area contributed by atoms with Gasteiger partial charge >= 0.3 is 0 Å². The summed E-state index contributed by atoms with van der Waals surface area (Å²) in [6.07, 6.45) is 6.25. The first-order valence-electron chi connectivity index (χ1n) is 9.33. The van der Waals surface area contributed by atoms with Crippen molar-refractivity contribution in [1.82, 2.24) is 0 Å². The molecule has 0 saturated heterocycles. The SMILES string of the molecule is CC1(C)C(O)CCC2(C)C1CCC1(CO)C(O)CC(C=O)=CCC21. The van der Waals surface area contributed by atoms with Gasteiger partial charge in [0.15, 0.2) is 0 Å². The quantitative estimate of drug-likeness (QED) is 0.677. The first-order chi connectivity index (χ1) is 11.2. The summed E-state index contributed by atoms with van der Waals surface area (Å²) in [6, 6.07) is 0. The number of carbonyl (C=O) groups is 1. The van der Waals surface area contributed by atoms with Crippen LogP contribution >= 0.6 is 0 Å². The fourth-order valence-corrected chi connectivity index (χ4v) is 6.51. The van der Waals surface area contributed by atoms with Gasteiger partial charge < -0.3 is 15.3 Å². The minimum absolute atomic E-state index is 0.0376. The Kier molecular flexibility index (Phi) is 4.47. The van der Waals surface area contributed by atoms with Gasteiger partial charge in [0.2, 0.25) is 0 Å². The van der Waals surface area contributed by atoms with Crippen molar-refractivity contribution in [3.05, 3.63) is 11.6 Å². The van der Waals surface area contributed by atoms with Gasteiger partial charge in [-0.3, -0.25) is 4.79 Å². The summed E-state index contributed by atoms with van der Waals surface area (Å²) < 4.78 is 0. The number of rotatable bonds is 2. The highest BCUT2D eigenvalue weighted by molar-refractivity contribution is 5.73. The van der Waals surface area contributed by atoms with E-state index in [-0.39, 0.29) is 29.5 Å². The Hall–Kier alpha value is -0.710. The second-order valence-electron chi connectivity index (χ2n) is 9.27. The third kappa shape index (κ3) is 2.33. The Bertz CT molecular complexity index is 540. The molecule has 0 aromatic carbocycles. The van der Waals surface area contributed by atoms with E-state index in [0.717, 1.165) is 38.4 Å². The van der Waals surface area contributed by atoms with E-state index in [1.54, 1.807) is 0 Å². The van der Waals surface area contributed by atoms with Gasteiger partial charge in [-0.25, -0.2) is 0 Å². The lowest BCUT2D eigenvalue weighted by Gasteiger charge is -2.64. The average Bonchev–Trinajstić information content (AvgIpc) is 2.69. The number of aliphatic hydroxyl groups is 3. The summed E-state index contributed by atoms with van der Waals surface area (Å²) in [7, 11) is 0. The van der Waals surface area contributed by atoms with Crippen molar-refractivity contribution >= 4 is 6.29 Å². The second kappa shape index (κ2) is 5.93. The lowest BCUT2D eigenvalue weighted by molar-refractivity contribution is -0.204. The van der Waals surface area contributed by atoms with Crippen LogP contribution in [0.15, 0.2) is 11.6 Å². The minimum Gasteiger partial charge on any atom is -0.396 e. The van der Waals surface area contributed by atoms with Crippen molar-refractivity contribution in [2.24, 2.45) is 28.1 Å². The second-order valence-corrected chi connectivity index (χ2v) is 9.27. The lowest BCUT2D eigenvalue weighted by Crippen LogP contribution is -2.62. The molecule has 4 heteroatoms. The van der Waals surface area contributed by atoms with Crippen LogP contribution in [0.4, 0.5) is 0 Å². The number of aliphatic hydroxyl groups excluding tert-OH is 3. The molecule has 3 aliphatic carbocycles. The van der Waals surface area contributed by atoms with E-state index in [0.29, 0.717) is 17.9 Å². The maximum atomic E-state index is 11.3. The van der Waals surface area contributed by atoms with Crippen molar-refractivity contribution < 1.29 is 20.1 Å². The first kappa shape index (κ1) is 18.1. The fourth-order valence-electron chi connectivity index (χ4n) is 6.51. The van der Waals surface area contributed by atoms with Crippen LogP contribution < -0.4 is 0 Å². The molecule has 0 bridgehead atoms. The summed E-state index contributed by atoms with van der Waals surface area (Å²) in [4.78, 5) is 11.3. The minimum atomic E-state index is -0.681. The highest BCUT2D eigenvalue weighted by Crippen LogP contribution is 2.66. The van der Waals surface area contributed by atoms with Crippen LogP contribution in [0, 0.1) is 28.1 Å². The normalized spacial score (nSPS) is 47.8. The molecule has 24 heavy (non-hydrogen) atoms. The number of carbonyl (C=O) groups excluding carboxylic acids is 1. The zero-order valence-corrected chi connectivity index (χ0v) is 15.2.